The predicted octanol–water partition coefficient (Wildman–Crippen LogP) is 15.8. The molecule has 0 fully saturated rings. The number of hydrogen-bond acceptors (Lipinski definition) is 2. The third-order valence-corrected chi connectivity index (χ3v) is 12.0. The first kappa shape index (κ1) is 33.3. The lowest BCUT2D eigenvalue weighted by atomic mass is 9.97. The summed E-state index contributed by atoms with van der Waals surface area (Å²) in [7, 11) is 0. The minimum atomic E-state index is 0.864. The molecule has 0 unspecified atom stereocenters. The summed E-state index contributed by atoms with van der Waals surface area (Å²) in [6.07, 6.45) is 0. The highest BCUT2D eigenvalue weighted by atomic mass is 16.3. The summed E-state index contributed by atoms with van der Waals surface area (Å²) in [6.45, 7) is 0. The van der Waals surface area contributed by atoms with E-state index in [4.69, 9.17) is 4.42 Å². The molecule has 10 aromatic carbocycles. The second-order valence-corrected chi connectivity index (χ2v) is 15.3. The van der Waals surface area contributed by atoms with E-state index in [2.05, 4.69) is 228 Å². The van der Waals surface area contributed by atoms with Gasteiger partial charge in [-0.1, -0.05) is 146 Å². The molecule has 0 aliphatic heterocycles. The first-order valence-electron chi connectivity index (χ1n) is 20.2. The van der Waals surface area contributed by atoms with Gasteiger partial charge in [-0.25, -0.2) is 0 Å². The van der Waals surface area contributed by atoms with E-state index in [1.165, 1.54) is 54.7 Å². The first-order valence-corrected chi connectivity index (χ1v) is 20.2. The Kier molecular flexibility index (Phi) is 7.54. The van der Waals surface area contributed by atoms with E-state index in [1.807, 2.05) is 0 Å². The van der Waals surface area contributed by atoms with Crippen LogP contribution in [0.15, 0.2) is 223 Å². The summed E-state index contributed by atoms with van der Waals surface area (Å²) < 4.78 is 9.08. The summed E-state index contributed by atoms with van der Waals surface area (Å²) >= 11 is 0. The molecule has 0 saturated carbocycles. The number of aromatic nitrogens is 1. The van der Waals surface area contributed by atoms with E-state index >= 15 is 0 Å². The van der Waals surface area contributed by atoms with Gasteiger partial charge in [0.05, 0.1) is 22.1 Å². The van der Waals surface area contributed by atoms with Crippen molar-refractivity contribution < 1.29 is 4.42 Å². The van der Waals surface area contributed by atoms with Gasteiger partial charge < -0.3 is 13.9 Å². The lowest BCUT2D eigenvalue weighted by Crippen LogP contribution is -2.10. The summed E-state index contributed by atoms with van der Waals surface area (Å²) in [5.74, 6) is 0. The van der Waals surface area contributed by atoms with Gasteiger partial charge in [-0.05, 0) is 111 Å². The number of rotatable bonds is 6. The van der Waals surface area contributed by atoms with E-state index in [1.54, 1.807) is 0 Å². The highest BCUT2D eigenvalue weighted by Gasteiger charge is 2.21. The third kappa shape index (κ3) is 5.36. The lowest BCUT2D eigenvalue weighted by Gasteiger charge is -2.27. The Hall–Kier alpha value is -7.88. The molecule has 0 spiro atoms. The zero-order valence-electron chi connectivity index (χ0n) is 32.1. The SMILES string of the molecule is c1ccc(-n2c3ccccc3c3cc(-c4ccc(N(c5cccc(-c6cccc7ccccc67)c5)c5cccc6oc7c8ccccc8ccc7c56)cc4)ccc32)cc1. The van der Waals surface area contributed by atoms with Gasteiger partial charge in [0.15, 0.2) is 0 Å². The Bertz CT molecular complexity index is 3550. The van der Waals surface area contributed by atoms with Crippen LogP contribution < -0.4 is 4.90 Å². The smallest absolute Gasteiger partial charge is 0.143 e. The summed E-state index contributed by atoms with van der Waals surface area (Å²) in [4.78, 5) is 2.39. The Morgan fingerprint density at radius 2 is 1.05 bits per heavy atom. The molecule has 0 radical (unpaired) electrons. The van der Waals surface area contributed by atoms with Crippen LogP contribution in [0, 0.1) is 0 Å². The first-order chi connectivity index (χ1) is 29.3. The number of nitrogens with zero attached hydrogens (tertiary/aromatic N) is 2. The van der Waals surface area contributed by atoms with Gasteiger partial charge >= 0.3 is 0 Å². The molecule has 3 heteroatoms. The van der Waals surface area contributed by atoms with Crippen LogP contribution in [0.4, 0.5) is 17.1 Å². The van der Waals surface area contributed by atoms with Crippen LogP contribution in [-0.4, -0.2) is 4.57 Å². The molecule has 2 heterocycles. The van der Waals surface area contributed by atoms with Gasteiger partial charge in [-0.2, -0.15) is 0 Å². The Morgan fingerprint density at radius 1 is 0.373 bits per heavy atom. The normalized spacial score (nSPS) is 11.7. The van der Waals surface area contributed by atoms with Gasteiger partial charge in [-0.15, -0.1) is 0 Å². The average Bonchev–Trinajstić information content (AvgIpc) is 3.86. The van der Waals surface area contributed by atoms with Crippen molar-refractivity contribution in [1.29, 1.82) is 0 Å². The summed E-state index contributed by atoms with van der Waals surface area (Å²) in [5, 5.41) is 9.43. The van der Waals surface area contributed by atoms with Crippen molar-refractivity contribution in [3.05, 3.63) is 218 Å². The molecule has 0 bridgehead atoms. The van der Waals surface area contributed by atoms with Gasteiger partial charge in [0, 0.05) is 38.6 Å². The van der Waals surface area contributed by atoms with Crippen molar-refractivity contribution in [2.45, 2.75) is 0 Å². The maximum Gasteiger partial charge on any atom is 0.143 e. The minimum Gasteiger partial charge on any atom is -0.455 e. The zero-order chi connectivity index (χ0) is 38.9. The van der Waals surface area contributed by atoms with Gasteiger partial charge in [0.2, 0.25) is 0 Å². The third-order valence-electron chi connectivity index (χ3n) is 12.0. The highest BCUT2D eigenvalue weighted by Crippen LogP contribution is 2.46. The number of furan rings is 1. The van der Waals surface area contributed by atoms with Crippen LogP contribution in [0.2, 0.25) is 0 Å². The molecular formula is C56H36N2O. The zero-order valence-corrected chi connectivity index (χ0v) is 32.1. The standard InChI is InChI=1S/C56H36N2O/c1-2-17-42(18-3-1)58-51-24-9-8-22-48(51)50-36-40(30-34-52(50)58)37-27-31-43(32-28-37)57(44-19-10-16-41(35-44)46-23-11-15-38-13-4-6-20-45(38)46)53-25-12-26-54-55(53)49-33-29-39-14-5-7-21-47(39)56(49)59-54/h1-36H. The summed E-state index contributed by atoms with van der Waals surface area (Å²) in [6, 6.07) is 78.7. The van der Waals surface area contributed by atoms with E-state index in [0.717, 1.165) is 55.6 Å². The summed E-state index contributed by atoms with van der Waals surface area (Å²) in [5.41, 5.74) is 13.3. The molecule has 59 heavy (non-hydrogen) atoms. The van der Waals surface area contributed by atoms with Crippen molar-refractivity contribution in [3.63, 3.8) is 0 Å². The second kappa shape index (κ2) is 13.4. The average molecular weight is 753 g/mol. The van der Waals surface area contributed by atoms with Crippen molar-refractivity contribution in [2.24, 2.45) is 0 Å². The van der Waals surface area contributed by atoms with Crippen molar-refractivity contribution in [3.8, 4) is 27.9 Å². The molecule has 0 aliphatic carbocycles. The van der Waals surface area contributed by atoms with Gasteiger partial charge in [0.1, 0.15) is 11.2 Å². The quantitative estimate of drug-likeness (QED) is 0.169. The number of hydrogen-bond donors (Lipinski definition) is 0. The largest absolute Gasteiger partial charge is 0.455 e. The van der Waals surface area contributed by atoms with Crippen LogP contribution in [0.1, 0.15) is 0 Å². The number of anilines is 3. The van der Waals surface area contributed by atoms with E-state index in [9.17, 15) is 0 Å². The predicted molar refractivity (Wildman–Crippen MR) is 249 cm³/mol. The van der Waals surface area contributed by atoms with Crippen molar-refractivity contribution in [1.82, 2.24) is 4.57 Å². The van der Waals surface area contributed by atoms with Crippen LogP contribution in [0.3, 0.4) is 0 Å². The molecule has 0 saturated heterocycles. The van der Waals surface area contributed by atoms with E-state index < -0.39 is 0 Å². The van der Waals surface area contributed by atoms with Gasteiger partial charge in [-0.3, -0.25) is 0 Å². The Balaban J connectivity index is 1.03. The van der Waals surface area contributed by atoms with Crippen LogP contribution >= 0.6 is 0 Å². The monoisotopic (exact) mass is 752 g/mol. The highest BCUT2D eigenvalue weighted by molar-refractivity contribution is 6.19. The van der Waals surface area contributed by atoms with Crippen LogP contribution in [-0.2, 0) is 0 Å². The van der Waals surface area contributed by atoms with Crippen molar-refractivity contribution in [2.75, 3.05) is 4.90 Å². The number of fused-ring (bicyclic) bond motifs is 9. The lowest BCUT2D eigenvalue weighted by molar-refractivity contribution is 0.672. The molecule has 12 aromatic rings. The molecule has 3 nitrogen and oxygen atoms in total. The molecule has 0 aliphatic rings. The van der Waals surface area contributed by atoms with E-state index in [0.29, 0.717) is 0 Å². The molecule has 12 rings (SSSR count). The molecular weight excluding hydrogens is 717 g/mol. The molecule has 2 aromatic heterocycles. The Morgan fingerprint density at radius 3 is 1.92 bits per heavy atom. The fraction of sp³-hybridized carbons (Fsp3) is 0. The van der Waals surface area contributed by atoms with Crippen molar-refractivity contribution >= 4 is 82.4 Å². The number of para-hydroxylation sites is 2. The molecule has 0 atom stereocenters. The topological polar surface area (TPSA) is 21.3 Å². The fourth-order valence-corrected chi connectivity index (χ4v) is 9.25. The van der Waals surface area contributed by atoms with Crippen LogP contribution in [0.25, 0.3) is 93.2 Å². The minimum absolute atomic E-state index is 0.864. The molecule has 0 amide bonds. The van der Waals surface area contributed by atoms with E-state index in [-0.39, 0.29) is 0 Å². The number of benzene rings is 10. The molecule has 0 N–H and O–H groups in total. The Labute approximate surface area is 341 Å². The maximum absolute atomic E-state index is 6.71. The maximum atomic E-state index is 6.71. The van der Waals surface area contributed by atoms with Gasteiger partial charge in [0.25, 0.3) is 0 Å². The van der Waals surface area contributed by atoms with Crippen LogP contribution in [0.5, 0.6) is 0 Å². The molecule has 276 valence electrons. The fourth-order valence-electron chi connectivity index (χ4n) is 9.25. The second-order valence-electron chi connectivity index (χ2n) is 15.3.